The molecular formula is C18H26N2O2. The van der Waals surface area contributed by atoms with E-state index in [1.54, 1.807) is 0 Å². The maximum Gasteiger partial charge on any atom is 0.264 e. The summed E-state index contributed by atoms with van der Waals surface area (Å²) in [5.74, 6) is 1.62. The van der Waals surface area contributed by atoms with Crippen molar-refractivity contribution in [3.8, 4) is 5.75 Å². The summed E-state index contributed by atoms with van der Waals surface area (Å²) in [5.41, 5.74) is 3.66. The maximum absolute atomic E-state index is 12.8. The minimum Gasteiger partial charge on any atom is -0.480 e. The molecule has 2 atom stereocenters. The van der Waals surface area contributed by atoms with E-state index in [2.05, 4.69) is 31.3 Å². The van der Waals surface area contributed by atoms with Crippen LogP contribution in [-0.2, 0) is 11.2 Å². The van der Waals surface area contributed by atoms with Gasteiger partial charge in [0.2, 0.25) is 0 Å². The average molecular weight is 302 g/mol. The minimum absolute atomic E-state index is 0.160. The minimum atomic E-state index is -0.329. The summed E-state index contributed by atoms with van der Waals surface area (Å²) in [6, 6.07) is 4.23. The van der Waals surface area contributed by atoms with Crippen molar-refractivity contribution in [2.24, 2.45) is 5.92 Å². The largest absolute Gasteiger partial charge is 0.480 e. The molecule has 1 fully saturated rings. The summed E-state index contributed by atoms with van der Waals surface area (Å²) in [6.07, 6.45) is 2.68. The van der Waals surface area contributed by atoms with Crippen molar-refractivity contribution in [3.63, 3.8) is 0 Å². The number of nitrogens with one attached hydrogen (secondary N) is 1. The van der Waals surface area contributed by atoms with Gasteiger partial charge in [-0.2, -0.15) is 0 Å². The number of carbonyl (C=O) groups excluding carboxylic acids is 1. The molecule has 2 unspecified atom stereocenters. The maximum atomic E-state index is 12.8. The zero-order valence-corrected chi connectivity index (χ0v) is 13.8. The molecule has 1 amide bonds. The van der Waals surface area contributed by atoms with Gasteiger partial charge in [0, 0.05) is 19.5 Å². The summed E-state index contributed by atoms with van der Waals surface area (Å²) in [4.78, 5) is 14.8. The number of carbonyl (C=O) groups is 1. The van der Waals surface area contributed by atoms with Crippen molar-refractivity contribution < 1.29 is 9.53 Å². The summed E-state index contributed by atoms with van der Waals surface area (Å²) < 4.78 is 5.95. The highest BCUT2D eigenvalue weighted by Gasteiger charge is 2.34. The number of benzene rings is 1. The van der Waals surface area contributed by atoms with Gasteiger partial charge in [-0.25, -0.2) is 0 Å². The SMILES string of the molecule is CNCC1CCCN(C(=O)C2Cc3cc(C)c(C)cc3O2)C1. The van der Waals surface area contributed by atoms with Crippen LogP contribution in [0.5, 0.6) is 5.75 Å². The molecule has 2 aliphatic rings. The zero-order valence-electron chi connectivity index (χ0n) is 13.8. The van der Waals surface area contributed by atoms with Crippen LogP contribution in [0.1, 0.15) is 29.5 Å². The lowest BCUT2D eigenvalue weighted by Gasteiger charge is -2.34. The highest BCUT2D eigenvalue weighted by molar-refractivity contribution is 5.82. The number of nitrogens with zero attached hydrogens (tertiary/aromatic N) is 1. The van der Waals surface area contributed by atoms with Crippen LogP contribution < -0.4 is 10.1 Å². The van der Waals surface area contributed by atoms with Crippen LogP contribution in [0.15, 0.2) is 12.1 Å². The number of likely N-dealkylation sites (tertiary alicyclic amines) is 1. The Morgan fingerprint density at radius 2 is 2.14 bits per heavy atom. The summed E-state index contributed by atoms with van der Waals surface area (Å²) in [5, 5.41) is 3.22. The highest BCUT2D eigenvalue weighted by Crippen LogP contribution is 2.32. The van der Waals surface area contributed by atoms with E-state index in [1.165, 1.54) is 23.1 Å². The molecule has 4 heteroatoms. The standard InChI is InChI=1S/C18H26N2O2/c1-12-7-15-9-17(22-16(15)8-13(12)2)18(21)20-6-4-5-14(11-20)10-19-3/h7-8,14,17,19H,4-6,9-11H2,1-3H3. The second-order valence-corrected chi connectivity index (χ2v) is 6.70. The number of rotatable bonds is 3. The third-order valence-electron chi connectivity index (χ3n) is 4.95. The molecule has 120 valence electrons. The van der Waals surface area contributed by atoms with Crippen LogP contribution in [0.2, 0.25) is 0 Å². The Kier molecular flexibility index (Phi) is 4.39. The Morgan fingerprint density at radius 1 is 1.36 bits per heavy atom. The van der Waals surface area contributed by atoms with Gasteiger partial charge in [-0.1, -0.05) is 6.07 Å². The first kappa shape index (κ1) is 15.3. The molecule has 1 N–H and O–H groups in total. The van der Waals surface area contributed by atoms with Crippen LogP contribution in [0.3, 0.4) is 0 Å². The molecule has 0 aliphatic carbocycles. The first-order valence-electron chi connectivity index (χ1n) is 8.28. The monoisotopic (exact) mass is 302 g/mol. The molecule has 4 nitrogen and oxygen atoms in total. The number of fused-ring (bicyclic) bond motifs is 1. The van der Waals surface area contributed by atoms with Crippen molar-refractivity contribution in [3.05, 3.63) is 28.8 Å². The molecule has 2 aliphatic heterocycles. The highest BCUT2D eigenvalue weighted by atomic mass is 16.5. The zero-order chi connectivity index (χ0) is 15.7. The average Bonchev–Trinajstić information content (AvgIpc) is 2.90. The number of hydrogen-bond donors (Lipinski definition) is 1. The molecule has 0 aromatic heterocycles. The van der Waals surface area contributed by atoms with Gasteiger partial charge in [0.15, 0.2) is 6.10 Å². The normalized spacial score (nSPS) is 24.0. The van der Waals surface area contributed by atoms with E-state index in [0.29, 0.717) is 12.3 Å². The van der Waals surface area contributed by atoms with E-state index in [9.17, 15) is 4.79 Å². The lowest BCUT2D eigenvalue weighted by Crippen LogP contribution is -2.47. The Labute approximate surface area is 132 Å². The number of amides is 1. The lowest BCUT2D eigenvalue weighted by molar-refractivity contribution is -0.139. The Balaban J connectivity index is 1.67. The van der Waals surface area contributed by atoms with Crippen molar-refractivity contribution in [1.29, 1.82) is 0 Å². The fourth-order valence-electron chi connectivity index (χ4n) is 3.58. The third kappa shape index (κ3) is 2.98. The van der Waals surface area contributed by atoms with Crippen LogP contribution in [0.4, 0.5) is 0 Å². The summed E-state index contributed by atoms with van der Waals surface area (Å²) in [7, 11) is 1.97. The Bertz CT molecular complexity index is 537. The van der Waals surface area contributed by atoms with Crippen LogP contribution in [-0.4, -0.2) is 43.6 Å². The van der Waals surface area contributed by atoms with E-state index >= 15 is 0 Å². The molecule has 1 aromatic rings. The van der Waals surface area contributed by atoms with Gasteiger partial charge < -0.3 is 15.0 Å². The summed E-state index contributed by atoms with van der Waals surface area (Å²) >= 11 is 0. The van der Waals surface area contributed by atoms with Crippen LogP contribution in [0, 0.1) is 19.8 Å². The van der Waals surface area contributed by atoms with E-state index in [0.717, 1.165) is 31.8 Å². The molecule has 0 radical (unpaired) electrons. The smallest absolute Gasteiger partial charge is 0.264 e. The molecule has 0 saturated carbocycles. The van der Waals surface area contributed by atoms with Crippen molar-refractivity contribution in [2.75, 3.05) is 26.7 Å². The molecule has 2 heterocycles. The number of aryl methyl sites for hydroxylation is 2. The number of ether oxygens (including phenoxy) is 1. The quantitative estimate of drug-likeness (QED) is 0.929. The lowest BCUT2D eigenvalue weighted by atomic mass is 9.97. The van der Waals surface area contributed by atoms with E-state index in [4.69, 9.17) is 4.74 Å². The van der Waals surface area contributed by atoms with Gasteiger partial charge in [-0.3, -0.25) is 4.79 Å². The second kappa shape index (κ2) is 6.29. The summed E-state index contributed by atoms with van der Waals surface area (Å²) in [6.45, 7) is 6.90. The third-order valence-corrected chi connectivity index (χ3v) is 4.95. The van der Waals surface area contributed by atoms with Gasteiger partial charge in [0.25, 0.3) is 5.91 Å². The molecule has 3 rings (SSSR count). The Morgan fingerprint density at radius 3 is 2.91 bits per heavy atom. The van der Waals surface area contributed by atoms with Gasteiger partial charge in [0.05, 0.1) is 0 Å². The first-order chi connectivity index (χ1) is 10.6. The molecule has 0 bridgehead atoms. The van der Waals surface area contributed by atoms with E-state index in [1.807, 2.05) is 11.9 Å². The predicted octanol–water partition coefficient (Wildman–Crippen LogP) is 2.06. The van der Waals surface area contributed by atoms with Crippen molar-refractivity contribution in [1.82, 2.24) is 10.2 Å². The molecule has 1 saturated heterocycles. The number of piperidine rings is 1. The van der Waals surface area contributed by atoms with Crippen LogP contribution >= 0.6 is 0 Å². The van der Waals surface area contributed by atoms with Gasteiger partial charge in [-0.15, -0.1) is 0 Å². The van der Waals surface area contributed by atoms with Crippen molar-refractivity contribution >= 4 is 5.91 Å². The second-order valence-electron chi connectivity index (χ2n) is 6.70. The topological polar surface area (TPSA) is 41.6 Å². The van der Waals surface area contributed by atoms with E-state index < -0.39 is 0 Å². The van der Waals surface area contributed by atoms with Crippen molar-refractivity contribution in [2.45, 2.75) is 39.2 Å². The fraction of sp³-hybridized carbons (Fsp3) is 0.611. The van der Waals surface area contributed by atoms with Gasteiger partial charge in [0.1, 0.15) is 5.75 Å². The van der Waals surface area contributed by atoms with Crippen LogP contribution in [0.25, 0.3) is 0 Å². The predicted molar refractivity (Wildman–Crippen MR) is 87.3 cm³/mol. The number of hydrogen-bond acceptors (Lipinski definition) is 3. The fourth-order valence-corrected chi connectivity index (χ4v) is 3.58. The first-order valence-corrected chi connectivity index (χ1v) is 8.28. The van der Waals surface area contributed by atoms with Gasteiger partial charge in [-0.05, 0) is 69.0 Å². The Hall–Kier alpha value is -1.55. The molecule has 0 spiro atoms. The molecule has 1 aromatic carbocycles. The van der Waals surface area contributed by atoms with E-state index in [-0.39, 0.29) is 12.0 Å². The molecule has 22 heavy (non-hydrogen) atoms. The molecular weight excluding hydrogens is 276 g/mol. The van der Waals surface area contributed by atoms with Gasteiger partial charge >= 0.3 is 0 Å².